The number of thiophene rings is 1. The van der Waals surface area contributed by atoms with Gasteiger partial charge in [-0.05, 0) is 24.9 Å². The van der Waals surface area contributed by atoms with Crippen LogP contribution in [0.2, 0.25) is 0 Å². The quantitative estimate of drug-likeness (QED) is 0.804. The van der Waals surface area contributed by atoms with Gasteiger partial charge < -0.3 is 5.32 Å². The Labute approximate surface area is 128 Å². The van der Waals surface area contributed by atoms with Gasteiger partial charge in [-0.2, -0.15) is 0 Å². The van der Waals surface area contributed by atoms with Crippen molar-refractivity contribution in [3.8, 4) is 0 Å². The molecule has 2 heterocycles. The van der Waals surface area contributed by atoms with Crippen molar-refractivity contribution in [1.29, 1.82) is 0 Å². The van der Waals surface area contributed by atoms with Gasteiger partial charge in [-0.15, -0.1) is 11.3 Å². The van der Waals surface area contributed by atoms with Gasteiger partial charge in [-0.1, -0.05) is 6.92 Å². The summed E-state index contributed by atoms with van der Waals surface area (Å²) in [6, 6.07) is 1.63. The van der Waals surface area contributed by atoms with Crippen LogP contribution in [0.3, 0.4) is 0 Å². The first kappa shape index (κ1) is 16.0. The van der Waals surface area contributed by atoms with E-state index in [0.717, 1.165) is 17.1 Å². The lowest BCUT2D eigenvalue weighted by Crippen LogP contribution is -2.25. The molecule has 8 heteroatoms. The SMILES string of the molecule is CCNCc1sccc1S(=O)(=O)NCc1cnc(C)cn1. The van der Waals surface area contributed by atoms with Crippen molar-refractivity contribution in [2.24, 2.45) is 0 Å². The Kier molecular flexibility index (Phi) is 5.40. The first-order valence-corrected chi connectivity index (χ1v) is 8.93. The lowest BCUT2D eigenvalue weighted by Gasteiger charge is -2.08. The van der Waals surface area contributed by atoms with Crippen molar-refractivity contribution >= 4 is 21.4 Å². The zero-order valence-corrected chi connectivity index (χ0v) is 13.6. The third-order valence-corrected chi connectivity index (χ3v) is 5.34. The molecule has 6 nitrogen and oxygen atoms in total. The van der Waals surface area contributed by atoms with E-state index >= 15 is 0 Å². The van der Waals surface area contributed by atoms with Gasteiger partial charge in [-0.25, -0.2) is 13.1 Å². The maximum absolute atomic E-state index is 12.3. The van der Waals surface area contributed by atoms with Crippen LogP contribution < -0.4 is 10.0 Å². The van der Waals surface area contributed by atoms with Crippen LogP contribution in [-0.2, 0) is 23.1 Å². The lowest BCUT2D eigenvalue weighted by molar-refractivity contribution is 0.578. The third-order valence-electron chi connectivity index (χ3n) is 2.81. The molecule has 0 aliphatic heterocycles. The molecule has 0 saturated heterocycles. The molecular weight excluding hydrogens is 308 g/mol. The number of aromatic nitrogens is 2. The third kappa shape index (κ3) is 4.31. The van der Waals surface area contributed by atoms with Gasteiger partial charge in [0.2, 0.25) is 10.0 Å². The predicted molar refractivity (Wildman–Crippen MR) is 82.5 cm³/mol. The second-order valence-corrected chi connectivity index (χ2v) is 7.20. The van der Waals surface area contributed by atoms with Crippen LogP contribution in [-0.4, -0.2) is 24.9 Å². The fraction of sp³-hybridized carbons (Fsp3) is 0.385. The van der Waals surface area contributed by atoms with E-state index in [1.54, 1.807) is 23.8 Å². The number of nitrogens with one attached hydrogen (secondary N) is 2. The van der Waals surface area contributed by atoms with Gasteiger partial charge in [0.05, 0.1) is 29.0 Å². The topological polar surface area (TPSA) is 84.0 Å². The molecule has 0 fully saturated rings. The Bertz CT molecular complexity index is 680. The molecule has 114 valence electrons. The van der Waals surface area contributed by atoms with E-state index in [4.69, 9.17) is 0 Å². The van der Waals surface area contributed by atoms with E-state index in [2.05, 4.69) is 20.0 Å². The first-order chi connectivity index (χ1) is 10.0. The summed E-state index contributed by atoms with van der Waals surface area (Å²) in [7, 11) is -3.53. The molecule has 2 aromatic heterocycles. The summed E-state index contributed by atoms with van der Waals surface area (Å²) in [4.78, 5) is 9.36. The standard InChI is InChI=1S/C13H18N4O2S2/c1-3-14-9-12-13(4-5-20-12)21(18,19)17-8-11-7-15-10(2)6-16-11/h4-7,14,17H,3,8-9H2,1-2H3. The van der Waals surface area contributed by atoms with Crippen molar-refractivity contribution < 1.29 is 8.42 Å². The van der Waals surface area contributed by atoms with Crippen molar-refractivity contribution in [3.05, 3.63) is 40.1 Å². The van der Waals surface area contributed by atoms with Crippen LogP contribution in [0, 0.1) is 6.92 Å². The van der Waals surface area contributed by atoms with Crippen molar-refractivity contribution in [2.45, 2.75) is 31.8 Å². The van der Waals surface area contributed by atoms with Crippen LogP contribution in [0.15, 0.2) is 28.7 Å². The van der Waals surface area contributed by atoms with E-state index in [1.807, 2.05) is 13.8 Å². The molecule has 0 unspecified atom stereocenters. The molecule has 2 rings (SSSR count). The fourth-order valence-electron chi connectivity index (χ4n) is 1.69. The van der Waals surface area contributed by atoms with Crippen LogP contribution in [0.25, 0.3) is 0 Å². The van der Waals surface area contributed by atoms with Crippen LogP contribution in [0.5, 0.6) is 0 Å². The molecule has 21 heavy (non-hydrogen) atoms. The van der Waals surface area contributed by atoms with Gasteiger partial charge in [0, 0.05) is 17.6 Å². The molecule has 0 aliphatic carbocycles. The summed E-state index contributed by atoms with van der Waals surface area (Å²) in [6.45, 7) is 5.29. The number of aryl methyl sites for hydroxylation is 1. The van der Waals surface area contributed by atoms with Crippen molar-refractivity contribution in [1.82, 2.24) is 20.0 Å². The summed E-state index contributed by atoms with van der Waals surface area (Å²) in [5.41, 5.74) is 1.39. The van der Waals surface area contributed by atoms with E-state index in [0.29, 0.717) is 17.1 Å². The number of rotatable bonds is 7. The second kappa shape index (κ2) is 7.08. The summed E-state index contributed by atoms with van der Waals surface area (Å²) in [5, 5.41) is 4.92. The molecule has 0 amide bonds. The van der Waals surface area contributed by atoms with Crippen LogP contribution in [0.4, 0.5) is 0 Å². The van der Waals surface area contributed by atoms with E-state index in [9.17, 15) is 8.42 Å². The number of hydrogen-bond donors (Lipinski definition) is 2. The minimum atomic E-state index is -3.53. The monoisotopic (exact) mass is 326 g/mol. The average Bonchev–Trinajstić information content (AvgIpc) is 2.94. The number of hydrogen-bond acceptors (Lipinski definition) is 6. The Morgan fingerprint density at radius 2 is 2.05 bits per heavy atom. The van der Waals surface area contributed by atoms with Gasteiger partial charge >= 0.3 is 0 Å². The molecule has 2 N–H and O–H groups in total. The van der Waals surface area contributed by atoms with Gasteiger partial charge in [-0.3, -0.25) is 9.97 Å². The Hall–Kier alpha value is -1.35. The predicted octanol–water partition coefficient (Wildman–Crippen LogP) is 1.43. The number of sulfonamides is 1. The summed E-state index contributed by atoms with van der Waals surface area (Å²) >= 11 is 1.43. The van der Waals surface area contributed by atoms with E-state index in [1.165, 1.54) is 11.3 Å². The first-order valence-electron chi connectivity index (χ1n) is 6.57. The van der Waals surface area contributed by atoms with Gasteiger partial charge in [0.1, 0.15) is 0 Å². The maximum atomic E-state index is 12.3. The Morgan fingerprint density at radius 3 is 2.71 bits per heavy atom. The Balaban J connectivity index is 2.08. The summed E-state index contributed by atoms with van der Waals surface area (Å²) in [6.07, 6.45) is 3.19. The highest BCUT2D eigenvalue weighted by molar-refractivity contribution is 7.89. The molecule has 0 aliphatic rings. The van der Waals surface area contributed by atoms with Crippen LogP contribution in [0.1, 0.15) is 23.2 Å². The van der Waals surface area contributed by atoms with E-state index in [-0.39, 0.29) is 6.54 Å². The summed E-state index contributed by atoms with van der Waals surface area (Å²) < 4.78 is 27.2. The highest BCUT2D eigenvalue weighted by Gasteiger charge is 2.19. The molecule has 0 atom stereocenters. The van der Waals surface area contributed by atoms with Crippen molar-refractivity contribution in [2.75, 3.05) is 6.54 Å². The average molecular weight is 326 g/mol. The smallest absolute Gasteiger partial charge is 0.242 e. The molecule has 0 radical (unpaired) electrons. The molecule has 0 aromatic carbocycles. The molecule has 2 aromatic rings. The highest BCUT2D eigenvalue weighted by atomic mass is 32.2. The molecule has 0 bridgehead atoms. The molecule has 0 saturated carbocycles. The largest absolute Gasteiger partial charge is 0.312 e. The summed E-state index contributed by atoms with van der Waals surface area (Å²) in [5.74, 6) is 0. The Morgan fingerprint density at radius 1 is 1.24 bits per heavy atom. The van der Waals surface area contributed by atoms with Crippen molar-refractivity contribution in [3.63, 3.8) is 0 Å². The lowest BCUT2D eigenvalue weighted by atomic mass is 10.4. The normalized spacial score (nSPS) is 11.7. The fourth-order valence-corrected chi connectivity index (χ4v) is 4.10. The second-order valence-electron chi connectivity index (χ2n) is 4.46. The van der Waals surface area contributed by atoms with E-state index < -0.39 is 10.0 Å². The van der Waals surface area contributed by atoms with Crippen LogP contribution >= 0.6 is 11.3 Å². The highest BCUT2D eigenvalue weighted by Crippen LogP contribution is 2.21. The molecule has 0 spiro atoms. The number of nitrogens with zero attached hydrogens (tertiary/aromatic N) is 2. The van der Waals surface area contributed by atoms with Gasteiger partial charge in [0.15, 0.2) is 0 Å². The minimum absolute atomic E-state index is 0.131. The zero-order valence-electron chi connectivity index (χ0n) is 12.0. The van der Waals surface area contributed by atoms with Gasteiger partial charge in [0.25, 0.3) is 0 Å². The maximum Gasteiger partial charge on any atom is 0.242 e. The molecular formula is C13H18N4O2S2. The zero-order chi connectivity index (χ0) is 15.3. The minimum Gasteiger partial charge on any atom is -0.312 e.